The van der Waals surface area contributed by atoms with E-state index in [1.54, 1.807) is 6.20 Å². The Kier molecular flexibility index (Phi) is 6.71. The van der Waals surface area contributed by atoms with Crippen molar-refractivity contribution in [1.82, 2.24) is 20.2 Å². The van der Waals surface area contributed by atoms with E-state index in [1.165, 1.54) is 6.20 Å². The van der Waals surface area contributed by atoms with Crippen LogP contribution in [-0.4, -0.2) is 78.7 Å². The van der Waals surface area contributed by atoms with Crippen molar-refractivity contribution in [2.45, 2.75) is 45.1 Å². The highest BCUT2D eigenvalue weighted by Gasteiger charge is 2.52. The molecule has 0 spiro atoms. The molecule has 3 aliphatic rings. The zero-order chi connectivity index (χ0) is 21.8. The lowest BCUT2D eigenvalue weighted by atomic mass is 9.61. The van der Waals surface area contributed by atoms with Crippen molar-refractivity contribution in [2.24, 2.45) is 17.1 Å². The lowest BCUT2D eigenvalue weighted by Gasteiger charge is -2.53. The van der Waals surface area contributed by atoms with Gasteiger partial charge in [0.15, 0.2) is 0 Å². The third-order valence-electron chi connectivity index (χ3n) is 7.23. The number of anilines is 1. The molecular formula is C22H34N6O3. The summed E-state index contributed by atoms with van der Waals surface area (Å²) in [7, 11) is 0. The molecule has 9 nitrogen and oxygen atoms in total. The average molecular weight is 431 g/mol. The largest absolute Gasteiger partial charge is 0.379 e. The number of nitrogens with zero attached hydrogens (tertiary/aromatic N) is 4. The Morgan fingerprint density at radius 2 is 2.06 bits per heavy atom. The zero-order valence-corrected chi connectivity index (χ0v) is 18.4. The van der Waals surface area contributed by atoms with Crippen LogP contribution in [-0.2, 0) is 9.53 Å². The molecule has 0 unspecified atom stereocenters. The molecule has 3 fully saturated rings. The van der Waals surface area contributed by atoms with Gasteiger partial charge >= 0.3 is 0 Å². The van der Waals surface area contributed by atoms with Crippen LogP contribution in [0.25, 0.3) is 0 Å². The number of fused-ring (bicyclic) bond motifs is 1. The number of amides is 2. The van der Waals surface area contributed by atoms with Crippen LogP contribution in [0.1, 0.15) is 49.5 Å². The fraction of sp³-hybridized carbons (Fsp3) is 0.727. The van der Waals surface area contributed by atoms with E-state index in [2.05, 4.69) is 32.0 Å². The molecule has 2 amide bonds. The number of aromatic nitrogens is 2. The van der Waals surface area contributed by atoms with Gasteiger partial charge < -0.3 is 20.7 Å². The Bertz CT molecular complexity index is 799. The van der Waals surface area contributed by atoms with E-state index in [9.17, 15) is 9.59 Å². The molecule has 1 aliphatic carbocycles. The molecule has 170 valence electrons. The maximum absolute atomic E-state index is 13.5. The molecule has 0 aromatic carbocycles. The quantitative estimate of drug-likeness (QED) is 0.686. The van der Waals surface area contributed by atoms with Crippen LogP contribution in [0.3, 0.4) is 0 Å². The minimum absolute atomic E-state index is 0.153. The first kappa shape index (κ1) is 22.0. The maximum atomic E-state index is 13.5. The molecule has 4 rings (SSSR count). The van der Waals surface area contributed by atoms with E-state index in [0.717, 1.165) is 65.0 Å². The van der Waals surface area contributed by atoms with Gasteiger partial charge in [-0.05, 0) is 38.0 Å². The van der Waals surface area contributed by atoms with E-state index in [1.807, 2.05) is 0 Å². The highest BCUT2D eigenvalue weighted by atomic mass is 16.5. The van der Waals surface area contributed by atoms with Crippen LogP contribution in [0.5, 0.6) is 0 Å². The Hall–Kier alpha value is -2.26. The van der Waals surface area contributed by atoms with E-state index in [0.29, 0.717) is 30.9 Å². The Morgan fingerprint density at radius 3 is 2.81 bits per heavy atom. The number of carbonyl (C=O) groups excluding carboxylic acids is 2. The molecule has 9 heteroatoms. The molecule has 3 N–H and O–H groups in total. The summed E-state index contributed by atoms with van der Waals surface area (Å²) in [6.07, 6.45) is 7.78. The van der Waals surface area contributed by atoms with Crippen LogP contribution in [0, 0.1) is 11.3 Å². The Labute approximate surface area is 183 Å². The Morgan fingerprint density at radius 1 is 1.26 bits per heavy atom. The number of carbonyl (C=O) groups is 2. The van der Waals surface area contributed by atoms with Crippen molar-refractivity contribution < 1.29 is 14.3 Å². The van der Waals surface area contributed by atoms with Crippen molar-refractivity contribution in [3.05, 3.63) is 18.1 Å². The second-order valence-corrected chi connectivity index (χ2v) is 9.02. The molecule has 3 atom stereocenters. The van der Waals surface area contributed by atoms with Gasteiger partial charge in [0.2, 0.25) is 5.91 Å². The molecule has 31 heavy (non-hydrogen) atoms. The van der Waals surface area contributed by atoms with Crippen LogP contribution in [0.4, 0.5) is 5.82 Å². The van der Waals surface area contributed by atoms with E-state index in [4.69, 9.17) is 10.5 Å². The lowest BCUT2D eigenvalue weighted by molar-refractivity contribution is -0.139. The zero-order valence-electron chi connectivity index (χ0n) is 18.4. The summed E-state index contributed by atoms with van der Waals surface area (Å²) in [5.41, 5.74) is 5.11. The summed E-state index contributed by atoms with van der Waals surface area (Å²) in [5, 5.41) is 3.18. The minimum atomic E-state index is -0.592. The van der Waals surface area contributed by atoms with Gasteiger partial charge in [-0.2, -0.15) is 0 Å². The first-order valence-electron chi connectivity index (χ1n) is 11.5. The van der Waals surface area contributed by atoms with Crippen LogP contribution in [0.2, 0.25) is 0 Å². The van der Waals surface area contributed by atoms with Crippen LogP contribution in [0.15, 0.2) is 12.4 Å². The van der Waals surface area contributed by atoms with E-state index >= 15 is 0 Å². The molecule has 1 aromatic heterocycles. The summed E-state index contributed by atoms with van der Waals surface area (Å²) < 4.78 is 5.53. The third-order valence-corrected chi connectivity index (χ3v) is 7.23. The topological polar surface area (TPSA) is 114 Å². The van der Waals surface area contributed by atoms with Crippen LogP contribution < -0.4 is 16.0 Å². The third kappa shape index (κ3) is 4.52. The summed E-state index contributed by atoms with van der Waals surface area (Å²) in [5.74, 6) is 0.511. The average Bonchev–Trinajstić information content (AvgIpc) is 2.82. The standard InChI is InChI=1S/C22H34N6O3/c1-2-6-25-21(30)22-5-3-17(27-8-10-31-11-9-27)12-16(22)4-7-28(15-22)19-14-24-13-18(26-19)20(23)29/h13-14,16-17H,2-12,15H2,1H3,(H2,23,29)(H,25,30)/t16-,17+,22-/m1/s1. The first-order valence-corrected chi connectivity index (χ1v) is 11.5. The van der Waals surface area contributed by atoms with Gasteiger partial charge in [-0.15, -0.1) is 0 Å². The van der Waals surface area contributed by atoms with Crippen molar-refractivity contribution in [3.63, 3.8) is 0 Å². The number of rotatable bonds is 6. The summed E-state index contributed by atoms with van der Waals surface area (Å²) in [6, 6.07) is 0.519. The normalized spacial score (nSPS) is 29.3. The number of primary amides is 1. The van der Waals surface area contributed by atoms with Gasteiger partial charge in [-0.25, -0.2) is 4.98 Å². The fourth-order valence-electron chi connectivity index (χ4n) is 5.52. The van der Waals surface area contributed by atoms with Gasteiger partial charge in [-0.1, -0.05) is 6.92 Å². The predicted molar refractivity (Wildman–Crippen MR) is 117 cm³/mol. The summed E-state index contributed by atoms with van der Waals surface area (Å²) in [6.45, 7) is 7.71. The number of piperidine rings is 1. The monoisotopic (exact) mass is 430 g/mol. The molecule has 1 saturated carbocycles. The van der Waals surface area contributed by atoms with Crippen molar-refractivity contribution in [1.29, 1.82) is 0 Å². The SMILES string of the molecule is CCCNC(=O)[C@@]12CC[C@H](N3CCOCC3)C[C@H]1CCN(c1cncc(C(N)=O)n1)C2. The minimum Gasteiger partial charge on any atom is -0.379 e. The highest BCUT2D eigenvalue weighted by molar-refractivity contribution is 5.90. The first-order chi connectivity index (χ1) is 15.0. The lowest BCUT2D eigenvalue weighted by Crippen LogP contribution is -2.61. The van der Waals surface area contributed by atoms with E-state index in [-0.39, 0.29) is 11.6 Å². The molecule has 3 heterocycles. The highest BCUT2D eigenvalue weighted by Crippen LogP contribution is 2.48. The number of nitrogens with one attached hydrogen (secondary N) is 1. The van der Waals surface area contributed by atoms with Gasteiger partial charge in [0.05, 0.1) is 31.0 Å². The molecule has 1 aromatic rings. The number of hydrogen-bond acceptors (Lipinski definition) is 7. The molecule has 0 bridgehead atoms. The van der Waals surface area contributed by atoms with Gasteiger partial charge in [0.1, 0.15) is 11.5 Å². The number of ether oxygens (including phenoxy) is 1. The second kappa shape index (κ2) is 9.48. The van der Waals surface area contributed by atoms with E-state index < -0.39 is 11.3 Å². The predicted octanol–water partition coefficient (Wildman–Crippen LogP) is 0.799. The van der Waals surface area contributed by atoms with Crippen LogP contribution >= 0.6 is 0 Å². The number of hydrogen-bond donors (Lipinski definition) is 2. The van der Waals surface area contributed by atoms with Crippen molar-refractivity contribution in [3.8, 4) is 0 Å². The smallest absolute Gasteiger partial charge is 0.268 e. The molecule has 2 aliphatic heterocycles. The molecule has 0 radical (unpaired) electrons. The fourth-order valence-corrected chi connectivity index (χ4v) is 5.52. The molecule has 2 saturated heterocycles. The molecular weight excluding hydrogens is 396 g/mol. The second-order valence-electron chi connectivity index (χ2n) is 9.02. The van der Waals surface area contributed by atoms with Gasteiger partial charge in [0, 0.05) is 38.8 Å². The van der Waals surface area contributed by atoms with Crippen molar-refractivity contribution >= 4 is 17.6 Å². The maximum Gasteiger partial charge on any atom is 0.268 e. The Balaban J connectivity index is 1.55. The van der Waals surface area contributed by atoms with Gasteiger partial charge in [0.25, 0.3) is 5.91 Å². The van der Waals surface area contributed by atoms with Gasteiger partial charge in [-0.3, -0.25) is 19.5 Å². The number of nitrogens with two attached hydrogens (primary N) is 1. The number of morpholine rings is 1. The summed E-state index contributed by atoms with van der Waals surface area (Å²) >= 11 is 0. The summed E-state index contributed by atoms with van der Waals surface area (Å²) in [4.78, 5) is 38.2. The van der Waals surface area contributed by atoms with Crippen molar-refractivity contribution in [2.75, 3.05) is 50.8 Å².